The molecule has 2 rings (SSSR count). The van der Waals surface area contributed by atoms with Gasteiger partial charge in [0.1, 0.15) is 12.4 Å². The lowest BCUT2D eigenvalue weighted by Gasteiger charge is -2.17. The summed E-state index contributed by atoms with van der Waals surface area (Å²) in [5.41, 5.74) is 4.89. The van der Waals surface area contributed by atoms with Crippen molar-refractivity contribution in [3.63, 3.8) is 0 Å². The monoisotopic (exact) mass is 302 g/mol. The summed E-state index contributed by atoms with van der Waals surface area (Å²) in [5, 5.41) is 10.9. The molecule has 0 aliphatic carbocycles. The van der Waals surface area contributed by atoms with Crippen LogP contribution >= 0.6 is 11.3 Å². The lowest BCUT2D eigenvalue weighted by atomic mass is 10.1. The summed E-state index contributed by atoms with van der Waals surface area (Å²) < 4.78 is 5.28. The smallest absolute Gasteiger partial charge is 0.119 e. The molecule has 0 aliphatic heterocycles. The number of nitrogens with zero attached hydrogens (tertiary/aromatic N) is 2. The molecule has 21 heavy (non-hydrogen) atoms. The summed E-state index contributed by atoms with van der Waals surface area (Å²) in [6.07, 6.45) is 0. The predicted molar refractivity (Wildman–Crippen MR) is 84.2 cm³/mol. The molecule has 0 fully saturated rings. The van der Waals surface area contributed by atoms with Gasteiger partial charge in [0.25, 0.3) is 0 Å². The molecule has 5 heteroatoms. The highest BCUT2D eigenvalue weighted by atomic mass is 32.1. The van der Waals surface area contributed by atoms with Crippen LogP contribution in [0.2, 0.25) is 0 Å². The van der Waals surface area contributed by atoms with Crippen LogP contribution < -0.4 is 4.74 Å². The van der Waals surface area contributed by atoms with Gasteiger partial charge < -0.3 is 9.84 Å². The number of aliphatic hydroxyl groups excluding tert-OH is 1. The molecule has 0 aliphatic rings. The van der Waals surface area contributed by atoms with E-state index in [4.69, 9.17) is 9.84 Å². The summed E-state index contributed by atoms with van der Waals surface area (Å²) in [5.74, 6) is 6.49. The van der Waals surface area contributed by atoms with Gasteiger partial charge in [-0.1, -0.05) is 11.8 Å². The first-order valence-corrected chi connectivity index (χ1v) is 7.49. The van der Waals surface area contributed by atoms with E-state index in [1.54, 1.807) is 18.4 Å². The molecule has 0 saturated heterocycles. The molecule has 1 aromatic carbocycles. The minimum Gasteiger partial charge on any atom is -0.497 e. The van der Waals surface area contributed by atoms with E-state index in [9.17, 15) is 0 Å². The number of thiazole rings is 1. The molecule has 4 nitrogen and oxygen atoms in total. The van der Waals surface area contributed by atoms with Crippen molar-refractivity contribution in [1.29, 1.82) is 0 Å². The Morgan fingerprint density at radius 1 is 1.38 bits per heavy atom. The van der Waals surface area contributed by atoms with Crippen molar-refractivity contribution >= 4 is 11.3 Å². The van der Waals surface area contributed by atoms with E-state index in [2.05, 4.69) is 27.1 Å². The van der Waals surface area contributed by atoms with E-state index in [0.717, 1.165) is 35.7 Å². The van der Waals surface area contributed by atoms with Crippen LogP contribution in [0.5, 0.6) is 5.75 Å². The second-order valence-corrected chi connectivity index (χ2v) is 5.35. The molecule has 1 N–H and O–H groups in total. The average Bonchev–Trinajstić information content (AvgIpc) is 2.98. The topological polar surface area (TPSA) is 45.6 Å². The van der Waals surface area contributed by atoms with Crippen molar-refractivity contribution in [3.05, 3.63) is 45.9 Å². The zero-order valence-electron chi connectivity index (χ0n) is 12.2. The van der Waals surface area contributed by atoms with Gasteiger partial charge in [-0.2, -0.15) is 0 Å². The van der Waals surface area contributed by atoms with E-state index < -0.39 is 0 Å². The maximum Gasteiger partial charge on any atom is 0.119 e. The number of hydrogen-bond acceptors (Lipinski definition) is 5. The van der Waals surface area contributed by atoms with Crippen LogP contribution in [0.4, 0.5) is 0 Å². The van der Waals surface area contributed by atoms with Crippen LogP contribution in [-0.2, 0) is 13.1 Å². The Morgan fingerprint density at radius 3 is 2.90 bits per heavy atom. The van der Waals surface area contributed by atoms with Crippen LogP contribution in [0.1, 0.15) is 16.8 Å². The lowest BCUT2D eigenvalue weighted by molar-refractivity contribution is 0.314. The molecular weight excluding hydrogens is 284 g/mol. The van der Waals surface area contributed by atoms with Gasteiger partial charge >= 0.3 is 0 Å². The lowest BCUT2D eigenvalue weighted by Crippen LogP contribution is -2.18. The summed E-state index contributed by atoms with van der Waals surface area (Å²) in [6, 6.07) is 5.79. The minimum atomic E-state index is -0.139. The zero-order valence-corrected chi connectivity index (χ0v) is 13.0. The normalized spacial score (nSPS) is 10.3. The Labute approximate surface area is 129 Å². The molecule has 0 saturated carbocycles. The fourth-order valence-corrected chi connectivity index (χ4v) is 2.57. The molecule has 0 bridgehead atoms. The Balaban J connectivity index is 2.15. The summed E-state index contributed by atoms with van der Waals surface area (Å²) in [7, 11) is 3.69. The number of ether oxygens (including phenoxy) is 1. The SMILES string of the molecule is COc1ccc(C#CCO)c(CN(C)Cc2cscn2)c1. The molecule has 0 radical (unpaired) electrons. The third-order valence-electron chi connectivity index (χ3n) is 2.97. The maximum absolute atomic E-state index is 8.86. The summed E-state index contributed by atoms with van der Waals surface area (Å²) in [6.45, 7) is 1.39. The first kappa shape index (κ1) is 15.5. The van der Waals surface area contributed by atoms with Crippen LogP contribution in [0.25, 0.3) is 0 Å². The minimum absolute atomic E-state index is 0.139. The number of aromatic nitrogens is 1. The average molecular weight is 302 g/mol. The Kier molecular flexibility index (Phi) is 5.76. The molecule has 2 aromatic rings. The van der Waals surface area contributed by atoms with E-state index in [-0.39, 0.29) is 6.61 Å². The van der Waals surface area contributed by atoms with Crippen molar-refractivity contribution < 1.29 is 9.84 Å². The van der Waals surface area contributed by atoms with Crippen molar-refractivity contribution in [2.45, 2.75) is 13.1 Å². The number of aliphatic hydroxyl groups is 1. The number of methoxy groups -OCH3 is 1. The highest BCUT2D eigenvalue weighted by Crippen LogP contribution is 2.19. The molecule has 0 spiro atoms. The summed E-state index contributed by atoms with van der Waals surface area (Å²) in [4.78, 5) is 6.47. The van der Waals surface area contributed by atoms with Crippen LogP contribution in [-0.4, -0.2) is 35.8 Å². The van der Waals surface area contributed by atoms with Gasteiger partial charge in [0, 0.05) is 24.0 Å². The van der Waals surface area contributed by atoms with Gasteiger partial charge in [0.2, 0.25) is 0 Å². The Bertz CT molecular complexity index is 629. The molecule has 1 aromatic heterocycles. The molecule has 0 atom stereocenters. The van der Waals surface area contributed by atoms with Crippen LogP contribution in [0, 0.1) is 11.8 Å². The van der Waals surface area contributed by atoms with Crippen molar-refractivity contribution in [3.8, 4) is 17.6 Å². The van der Waals surface area contributed by atoms with Gasteiger partial charge in [-0.05, 0) is 30.8 Å². The number of hydrogen-bond donors (Lipinski definition) is 1. The van der Waals surface area contributed by atoms with Gasteiger partial charge in [0.15, 0.2) is 0 Å². The van der Waals surface area contributed by atoms with Crippen molar-refractivity contribution in [2.24, 2.45) is 0 Å². The third-order valence-corrected chi connectivity index (χ3v) is 3.61. The second-order valence-electron chi connectivity index (χ2n) is 4.64. The van der Waals surface area contributed by atoms with E-state index in [1.165, 1.54) is 0 Å². The standard InChI is InChI=1S/C16H18N2O2S/c1-18(10-15-11-21-12-17-15)9-14-8-16(20-2)6-5-13(14)4-3-7-19/h5-6,8,11-12,19H,7,9-10H2,1-2H3. The van der Waals surface area contributed by atoms with E-state index in [0.29, 0.717) is 0 Å². The van der Waals surface area contributed by atoms with Gasteiger partial charge in [0.05, 0.1) is 18.3 Å². The van der Waals surface area contributed by atoms with Crippen LogP contribution in [0.15, 0.2) is 29.1 Å². The maximum atomic E-state index is 8.86. The summed E-state index contributed by atoms with van der Waals surface area (Å²) >= 11 is 1.60. The van der Waals surface area contributed by atoms with Crippen molar-refractivity contribution in [1.82, 2.24) is 9.88 Å². The largest absolute Gasteiger partial charge is 0.497 e. The second kappa shape index (κ2) is 7.79. The fourth-order valence-electron chi connectivity index (χ4n) is 2.02. The molecule has 0 amide bonds. The predicted octanol–water partition coefficient (Wildman–Crippen LogP) is 2.13. The van der Waals surface area contributed by atoms with Gasteiger partial charge in [-0.15, -0.1) is 11.3 Å². The Hall–Kier alpha value is -1.87. The molecule has 1 heterocycles. The molecule has 0 unspecified atom stereocenters. The zero-order chi connectivity index (χ0) is 15.1. The van der Waals surface area contributed by atoms with E-state index in [1.807, 2.05) is 30.8 Å². The quantitative estimate of drug-likeness (QED) is 0.860. The van der Waals surface area contributed by atoms with Crippen LogP contribution in [0.3, 0.4) is 0 Å². The van der Waals surface area contributed by atoms with Gasteiger partial charge in [-0.3, -0.25) is 4.90 Å². The number of rotatable bonds is 5. The molecular formula is C16H18N2O2S. The third kappa shape index (κ3) is 4.57. The number of benzene rings is 1. The molecule has 110 valence electrons. The van der Waals surface area contributed by atoms with Crippen molar-refractivity contribution in [2.75, 3.05) is 20.8 Å². The Morgan fingerprint density at radius 2 is 2.24 bits per heavy atom. The highest BCUT2D eigenvalue weighted by molar-refractivity contribution is 7.07. The fraction of sp³-hybridized carbons (Fsp3) is 0.312. The first-order chi connectivity index (χ1) is 10.2. The van der Waals surface area contributed by atoms with Gasteiger partial charge in [-0.25, -0.2) is 4.98 Å². The van der Waals surface area contributed by atoms with E-state index >= 15 is 0 Å². The highest BCUT2D eigenvalue weighted by Gasteiger charge is 2.08. The first-order valence-electron chi connectivity index (χ1n) is 6.55.